The van der Waals surface area contributed by atoms with Crippen molar-refractivity contribution >= 4 is 17.5 Å². The molecule has 23 heavy (non-hydrogen) atoms. The van der Waals surface area contributed by atoms with E-state index in [0.29, 0.717) is 34.4 Å². The van der Waals surface area contributed by atoms with Gasteiger partial charge in [-0.1, -0.05) is 11.6 Å². The fraction of sp³-hybridized carbons (Fsp3) is 0.353. The number of aromatic amines is 1. The summed E-state index contributed by atoms with van der Waals surface area (Å²) in [5.74, 6) is 1.20. The molecule has 1 aromatic heterocycles. The maximum absolute atomic E-state index is 12.3. The first kappa shape index (κ1) is 14.6. The lowest BCUT2D eigenvalue weighted by Crippen LogP contribution is -2.42. The van der Waals surface area contributed by atoms with Crippen molar-refractivity contribution in [3.63, 3.8) is 0 Å². The molecule has 4 rings (SSSR count). The number of hydrogen-bond acceptors (Lipinski definition) is 3. The normalized spacial score (nSPS) is 25.5. The lowest BCUT2D eigenvalue weighted by molar-refractivity contribution is 0.0931. The number of H-pyrrole nitrogens is 1. The quantitative estimate of drug-likeness (QED) is 0.806. The van der Waals surface area contributed by atoms with Gasteiger partial charge in [-0.05, 0) is 49.6 Å². The highest BCUT2D eigenvalue weighted by atomic mass is 35.5. The Morgan fingerprint density at radius 3 is 2.61 bits per heavy atom. The van der Waals surface area contributed by atoms with E-state index < -0.39 is 0 Å². The number of aromatic nitrogens is 1. The van der Waals surface area contributed by atoms with Gasteiger partial charge < -0.3 is 20.4 Å². The molecule has 0 saturated carbocycles. The summed E-state index contributed by atoms with van der Waals surface area (Å²) in [6.07, 6.45) is 3.41. The summed E-state index contributed by atoms with van der Waals surface area (Å²) in [6.45, 7) is 0. The van der Waals surface area contributed by atoms with Gasteiger partial charge in [0.05, 0.1) is 0 Å². The maximum Gasteiger partial charge on any atom is 0.251 e. The van der Waals surface area contributed by atoms with Gasteiger partial charge in [-0.15, -0.1) is 0 Å². The smallest absolute Gasteiger partial charge is 0.251 e. The zero-order valence-electron chi connectivity index (χ0n) is 12.5. The largest absolute Gasteiger partial charge is 0.441 e. The number of amides is 1. The van der Waals surface area contributed by atoms with Gasteiger partial charge in [0.15, 0.2) is 5.88 Å². The van der Waals surface area contributed by atoms with E-state index in [-0.39, 0.29) is 11.9 Å². The van der Waals surface area contributed by atoms with Gasteiger partial charge in [0, 0.05) is 29.8 Å². The van der Waals surface area contributed by atoms with E-state index in [1.54, 1.807) is 36.4 Å². The summed E-state index contributed by atoms with van der Waals surface area (Å²) in [4.78, 5) is 15.2. The van der Waals surface area contributed by atoms with Crippen LogP contribution in [0.5, 0.6) is 11.6 Å². The minimum atomic E-state index is -0.0289. The number of ether oxygens (including phenoxy) is 1. The second-order valence-electron chi connectivity index (χ2n) is 6.16. The molecule has 2 aliphatic rings. The molecule has 3 heterocycles. The van der Waals surface area contributed by atoms with E-state index in [4.69, 9.17) is 16.3 Å². The van der Waals surface area contributed by atoms with E-state index in [2.05, 4.69) is 15.6 Å². The molecule has 2 bridgehead atoms. The maximum atomic E-state index is 12.3. The predicted octanol–water partition coefficient (Wildman–Crippen LogP) is 3.08. The van der Waals surface area contributed by atoms with E-state index in [0.717, 1.165) is 12.8 Å². The van der Waals surface area contributed by atoms with E-state index in [1.165, 1.54) is 6.42 Å². The number of nitrogens with one attached hydrogen (secondary N) is 3. The van der Waals surface area contributed by atoms with Crippen molar-refractivity contribution in [2.75, 3.05) is 0 Å². The van der Waals surface area contributed by atoms with Crippen molar-refractivity contribution in [3.8, 4) is 11.6 Å². The molecule has 120 valence electrons. The number of fused-ring (bicyclic) bond motifs is 2. The summed E-state index contributed by atoms with van der Waals surface area (Å²) in [5, 5.41) is 7.18. The van der Waals surface area contributed by atoms with Crippen LogP contribution in [0.15, 0.2) is 36.4 Å². The average Bonchev–Trinajstić information content (AvgIpc) is 3.25. The number of rotatable bonds is 4. The number of benzene rings is 1. The van der Waals surface area contributed by atoms with Crippen LogP contribution in [-0.2, 0) is 0 Å². The molecular formula is C17H18ClN3O2. The molecule has 0 aliphatic carbocycles. The molecule has 0 spiro atoms. The number of halogens is 1. The van der Waals surface area contributed by atoms with Crippen LogP contribution in [0.1, 0.15) is 29.6 Å². The van der Waals surface area contributed by atoms with Gasteiger partial charge >= 0.3 is 0 Å². The third-order valence-corrected chi connectivity index (χ3v) is 4.80. The van der Waals surface area contributed by atoms with Crippen molar-refractivity contribution < 1.29 is 9.53 Å². The van der Waals surface area contributed by atoms with E-state index in [9.17, 15) is 4.79 Å². The van der Waals surface area contributed by atoms with Crippen molar-refractivity contribution in [2.24, 2.45) is 0 Å². The molecule has 2 aromatic rings. The molecule has 5 nitrogen and oxygen atoms in total. The van der Waals surface area contributed by atoms with Gasteiger partial charge in [-0.3, -0.25) is 4.79 Å². The van der Waals surface area contributed by atoms with Crippen molar-refractivity contribution in [1.29, 1.82) is 0 Å². The minimum absolute atomic E-state index is 0.0289. The topological polar surface area (TPSA) is 66.2 Å². The fourth-order valence-corrected chi connectivity index (χ4v) is 3.60. The third kappa shape index (κ3) is 3.07. The van der Waals surface area contributed by atoms with Crippen LogP contribution in [0.2, 0.25) is 5.15 Å². The molecule has 6 heteroatoms. The Hall–Kier alpha value is -1.98. The highest BCUT2D eigenvalue weighted by Gasteiger charge is 2.39. The molecule has 0 radical (unpaired) electrons. The van der Waals surface area contributed by atoms with Gasteiger partial charge in [-0.25, -0.2) is 0 Å². The molecule has 2 aliphatic heterocycles. The second kappa shape index (κ2) is 5.91. The van der Waals surface area contributed by atoms with Crippen molar-refractivity contribution in [2.45, 2.75) is 37.4 Å². The van der Waals surface area contributed by atoms with Crippen LogP contribution >= 0.6 is 11.6 Å². The number of hydrogen-bond donors (Lipinski definition) is 3. The highest BCUT2D eigenvalue weighted by molar-refractivity contribution is 6.29. The first-order valence-corrected chi connectivity index (χ1v) is 8.24. The Morgan fingerprint density at radius 2 is 2.00 bits per heavy atom. The van der Waals surface area contributed by atoms with Crippen molar-refractivity contribution in [3.05, 3.63) is 47.1 Å². The minimum Gasteiger partial charge on any atom is -0.441 e. The van der Waals surface area contributed by atoms with E-state index in [1.807, 2.05) is 0 Å². The Labute approximate surface area is 139 Å². The lowest BCUT2D eigenvalue weighted by atomic mass is 9.95. The van der Waals surface area contributed by atoms with Crippen LogP contribution in [0, 0.1) is 0 Å². The van der Waals surface area contributed by atoms with Gasteiger partial charge in [0.25, 0.3) is 5.91 Å². The third-order valence-electron chi connectivity index (χ3n) is 4.58. The fourth-order valence-electron chi connectivity index (χ4n) is 3.45. The molecule has 2 fully saturated rings. The van der Waals surface area contributed by atoms with Crippen LogP contribution in [0.4, 0.5) is 0 Å². The second-order valence-corrected chi connectivity index (χ2v) is 6.57. The monoisotopic (exact) mass is 331 g/mol. The van der Waals surface area contributed by atoms with Gasteiger partial charge in [0.2, 0.25) is 0 Å². The Morgan fingerprint density at radius 1 is 1.17 bits per heavy atom. The zero-order valence-corrected chi connectivity index (χ0v) is 13.3. The summed E-state index contributed by atoms with van der Waals surface area (Å²) in [6, 6.07) is 11.8. The number of carbonyl (C=O) groups excluding carboxylic acids is 1. The Balaban J connectivity index is 1.38. The highest BCUT2D eigenvalue weighted by Crippen LogP contribution is 2.28. The average molecular weight is 332 g/mol. The zero-order chi connectivity index (χ0) is 15.8. The summed E-state index contributed by atoms with van der Waals surface area (Å²) >= 11 is 5.81. The standard InChI is InChI=1S/C17H18ClN3O2/c18-15-7-8-16(21-15)23-12-4-1-10(2-5-12)17(22)20-14-9-11-3-6-13(14)19-11/h1-2,4-5,7-8,11,13-14,19,21H,3,6,9H2,(H,20,22)/t11-,13+,14-/m1/s1. The molecule has 3 N–H and O–H groups in total. The van der Waals surface area contributed by atoms with Gasteiger partial charge in [0.1, 0.15) is 10.9 Å². The van der Waals surface area contributed by atoms with Gasteiger partial charge in [-0.2, -0.15) is 0 Å². The molecule has 3 atom stereocenters. The lowest BCUT2D eigenvalue weighted by Gasteiger charge is -2.21. The van der Waals surface area contributed by atoms with Crippen LogP contribution in [0.25, 0.3) is 0 Å². The van der Waals surface area contributed by atoms with E-state index >= 15 is 0 Å². The van der Waals surface area contributed by atoms with Crippen LogP contribution in [-0.4, -0.2) is 29.0 Å². The first-order chi connectivity index (χ1) is 11.2. The molecule has 0 unspecified atom stereocenters. The Bertz CT molecular complexity index is 713. The molecule has 1 aromatic carbocycles. The Kier molecular flexibility index (Phi) is 3.75. The SMILES string of the molecule is O=C(N[C@@H]1C[C@H]2CC[C@@H]1N2)c1ccc(Oc2ccc(Cl)[nH]2)cc1. The van der Waals surface area contributed by atoms with Crippen LogP contribution < -0.4 is 15.4 Å². The first-order valence-electron chi connectivity index (χ1n) is 7.87. The summed E-state index contributed by atoms with van der Waals surface area (Å²) < 4.78 is 5.63. The predicted molar refractivity (Wildman–Crippen MR) is 88.1 cm³/mol. The molecular weight excluding hydrogens is 314 g/mol. The molecule has 2 saturated heterocycles. The van der Waals surface area contributed by atoms with Crippen molar-refractivity contribution in [1.82, 2.24) is 15.6 Å². The number of carbonyl (C=O) groups is 1. The van der Waals surface area contributed by atoms with Crippen LogP contribution in [0.3, 0.4) is 0 Å². The molecule has 1 amide bonds. The summed E-state index contributed by atoms with van der Waals surface area (Å²) in [7, 11) is 0. The summed E-state index contributed by atoms with van der Waals surface area (Å²) in [5.41, 5.74) is 0.643.